The summed E-state index contributed by atoms with van der Waals surface area (Å²) in [5.41, 5.74) is 2.11. The molecule has 138 valence electrons. The van der Waals surface area contributed by atoms with E-state index in [1.807, 2.05) is 37.3 Å². The number of carbonyl (C=O) groups excluding carboxylic acids is 2. The Morgan fingerprint density at radius 1 is 1.11 bits per heavy atom. The molecule has 2 amide bonds. The monoisotopic (exact) mass is 362 g/mol. The summed E-state index contributed by atoms with van der Waals surface area (Å²) in [7, 11) is 1.77. The van der Waals surface area contributed by atoms with Crippen molar-refractivity contribution in [3.05, 3.63) is 65.9 Å². The lowest BCUT2D eigenvalue weighted by molar-refractivity contribution is -0.117. The highest BCUT2D eigenvalue weighted by atomic mass is 16.3. The summed E-state index contributed by atoms with van der Waals surface area (Å²) >= 11 is 0. The van der Waals surface area contributed by atoms with Gasteiger partial charge in [0, 0.05) is 29.6 Å². The lowest BCUT2D eigenvalue weighted by atomic mass is 10.1. The van der Waals surface area contributed by atoms with E-state index in [2.05, 4.69) is 5.32 Å². The number of nitrogens with zero attached hydrogens (tertiary/aromatic N) is 1. The van der Waals surface area contributed by atoms with Crippen LogP contribution in [0.4, 0.5) is 5.69 Å². The molecule has 5 nitrogen and oxygen atoms in total. The largest absolute Gasteiger partial charge is 0.459 e. The fourth-order valence-electron chi connectivity index (χ4n) is 3.06. The van der Waals surface area contributed by atoms with Crippen molar-refractivity contribution in [3.8, 4) is 0 Å². The highest BCUT2D eigenvalue weighted by Gasteiger charge is 2.29. The van der Waals surface area contributed by atoms with E-state index in [9.17, 15) is 9.59 Å². The lowest BCUT2D eigenvalue weighted by Crippen LogP contribution is -2.29. The van der Waals surface area contributed by atoms with Crippen molar-refractivity contribution in [2.24, 2.45) is 5.92 Å². The van der Waals surface area contributed by atoms with Gasteiger partial charge in [-0.1, -0.05) is 18.2 Å². The van der Waals surface area contributed by atoms with Gasteiger partial charge in [0.25, 0.3) is 5.91 Å². The molecule has 0 bridgehead atoms. The van der Waals surface area contributed by atoms with Gasteiger partial charge >= 0.3 is 0 Å². The van der Waals surface area contributed by atoms with Crippen LogP contribution in [0.15, 0.2) is 59.0 Å². The van der Waals surface area contributed by atoms with Gasteiger partial charge in [-0.25, -0.2) is 0 Å². The average Bonchev–Trinajstić information content (AvgIpc) is 3.45. The quantitative estimate of drug-likeness (QED) is 0.721. The molecule has 3 aromatic rings. The average molecular weight is 362 g/mol. The standard InChI is InChI=1S/C22H22N2O3/c1-14(20-13-17-5-3-4-6-19(17)27-20)24(2)22(26)16-9-11-18(12-10-16)23-21(25)15-7-8-15/h3-6,9-15H,7-8H2,1-2H3,(H,23,25). The molecule has 1 saturated carbocycles. The molecule has 0 aliphatic heterocycles. The molecular formula is C22H22N2O3. The van der Waals surface area contributed by atoms with Gasteiger partial charge in [0.05, 0.1) is 6.04 Å². The van der Waals surface area contributed by atoms with Crippen LogP contribution in [0.25, 0.3) is 11.0 Å². The second-order valence-electron chi connectivity index (χ2n) is 7.12. The second-order valence-corrected chi connectivity index (χ2v) is 7.12. The van der Waals surface area contributed by atoms with Crippen LogP contribution in [0.5, 0.6) is 0 Å². The molecule has 1 heterocycles. The van der Waals surface area contributed by atoms with E-state index in [-0.39, 0.29) is 23.8 Å². The van der Waals surface area contributed by atoms with Crippen LogP contribution in [0.3, 0.4) is 0 Å². The number of nitrogens with one attached hydrogen (secondary N) is 1. The van der Waals surface area contributed by atoms with Crippen molar-refractivity contribution in [1.29, 1.82) is 0 Å². The molecule has 4 rings (SSSR count). The van der Waals surface area contributed by atoms with Gasteiger partial charge in [-0.2, -0.15) is 0 Å². The zero-order valence-electron chi connectivity index (χ0n) is 15.4. The Balaban J connectivity index is 1.46. The van der Waals surface area contributed by atoms with Gasteiger partial charge in [-0.15, -0.1) is 0 Å². The molecule has 5 heteroatoms. The third-order valence-corrected chi connectivity index (χ3v) is 5.11. The number of rotatable bonds is 5. The van der Waals surface area contributed by atoms with Crippen molar-refractivity contribution in [2.45, 2.75) is 25.8 Å². The number of anilines is 1. The Morgan fingerprint density at radius 3 is 2.48 bits per heavy atom. The summed E-state index contributed by atoms with van der Waals surface area (Å²) in [6, 6.07) is 16.6. The molecule has 0 radical (unpaired) electrons. The molecule has 0 saturated heterocycles. The Hall–Kier alpha value is -3.08. The number of benzene rings is 2. The molecule has 1 aliphatic rings. The third kappa shape index (κ3) is 3.58. The zero-order chi connectivity index (χ0) is 19.0. The topological polar surface area (TPSA) is 62.6 Å². The van der Waals surface area contributed by atoms with Crippen LogP contribution >= 0.6 is 0 Å². The first-order valence-corrected chi connectivity index (χ1v) is 9.19. The van der Waals surface area contributed by atoms with Crippen LogP contribution in [0.2, 0.25) is 0 Å². The van der Waals surface area contributed by atoms with E-state index >= 15 is 0 Å². The number of hydrogen-bond acceptors (Lipinski definition) is 3. The fourth-order valence-corrected chi connectivity index (χ4v) is 3.06. The highest BCUT2D eigenvalue weighted by Crippen LogP contribution is 2.30. The molecule has 1 aliphatic carbocycles. The molecule has 1 aromatic heterocycles. The predicted molar refractivity (Wildman–Crippen MR) is 105 cm³/mol. The minimum Gasteiger partial charge on any atom is -0.459 e. The number of para-hydroxylation sites is 1. The zero-order valence-corrected chi connectivity index (χ0v) is 15.4. The summed E-state index contributed by atoms with van der Waals surface area (Å²) < 4.78 is 5.89. The summed E-state index contributed by atoms with van der Waals surface area (Å²) in [5, 5.41) is 3.91. The van der Waals surface area contributed by atoms with Gasteiger partial charge in [0.2, 0.25) is 5.91 Å². The van der Waals surface area contributed by atoms with Gasteiger partial charge in [-0.05, 0) is 56.2 Å². The van der Waals surface area contributed by atoms with Gasteiger partial charge in [0.1, 0.15) is 11.3 Å². The first-order chi connectivity index (χ1) is 13.0. The van der Waals surface area contributed by atoms with Crippen molar-refractivity contribution in [3.63, 3.8) is 0 Å². The number of amides is 2. The van der Waals surface area contributed by atoms with Crippen molar-refractivity contribution < 1.29 is 14.0 Å². The van der Waals surface area contributed by atoms with E-state index in [4.69, 9.17) is 4.42 Å². The maximum absolute atomic E-state index is 12.8. The van der Waals surface area contributed by atoms with Crippen LogP contribution in [0, 0.1) is 5.92 Å². The first kappa shape index (κ1) is 17.3. The Bertz CT molecular complexity index is 953. The van der Waals surface area contributed by atoms with Crippen LogP contribution < -0.4 is 5.32 Å². The van der Waals surface area contributed by atoms with Gasteiger partial charge in [-0.3, -0.25) is 9.59 Å². The van der Waals surface area contributed by atoms with E-state index in [0.717, 1.165) is 35.3 Å². The fraction of sp³-hybridized carbons (Fsp3) is 0.273. The number of fused-ring (bicyclic) bond motifs is 1. The van der Waals surface area contributed by atoms with E-state index in [1.165, 1.54) is 0 Å². The van der Waals surface area contributed by atoms with Gasteiger partial charge < -0.3 is 14.6 Å². The molecule has 1 atom stereocenters. The van der Waals surface area contributed by atoms with Crippen molar-refractivity contribution in [2.75, 3.05) is 12.4 Å². The second kappa shape index (κ2) is 6.91. The predicted octanol–water partition coefficient (Wildman–Crippen LogP) is 4.61. The van der Waals surface area contributed by atoms with E-state index in [1.54, 1.807) is 36.2 Å². The number of carbonyl (C=O) groups is 2. The van der Waals surface area contributed by atoms with Crippen LogP contribution in [0.1, 0.15) is 41.9 Å². The smallest absolute Gasteiger partial charge is 0.254 e. The molecular weight excluding hydrogens is 340 g/mol. The SMILES string of the molecule is CC(c1cc2ccccc2o1)N(C)C(=O)c1ccc(NC(=O)C2CC2)cc1. The van der Waals surface area contributed by atoms with Crippen LogP contribution in [-0.2, 0) is 4.79 Å². The minimum absolute atomic E-state index is 0.0599. The Labute approximate surface area is 158 Å². The first-order valence-electron chi connectivity index (χ1n) is 9.19. The maximum atomic E-state index is 12.8. The van der Waals surface area contributed by atoms with Crippen molar-refractivity contribution >= 4 is 28.5 Å². The third-order valence-electron chi connectivity index (χ3n) is 5.11. The van der Waals surface area contributed by atoms with E-state index < -0.39 is 0 Å². The highest BCUT2D eigenvalue weighted by molar-refractivity contribution is 5.97. The minimum atomic E-state index is -0.195. The Kier molecular flexibility index (Phi) is 4.44. The van der Waals surface area contributed by atoms with Crippen molar-refractivity contribution in [1.82, 2.24) is 4.90 Å². The molecule has 1 fully saturated rings. The summed E-state index contributed by atoms with van der Waals surface area (Å²) in [5.74, 6) is 0.871. The molecule has 1 unspecified atom stereocenters. The number of hydrogen-bond donors (Lipinski definition) is 1. The Morgan fingerprint density at radius 2 is 1.81 bits per heavy atom. The summed E-state index contributed by atoms with van der Waals surface area (Å²) in [6.45, 7) is 1.94. The molecule has 2 aromatic carbocycles. The normalized spacial score (nSPS) is 14.7. The van der Waals surface area contributed by atoms with Crippen LogP contribution in [-0.4, -0.2) is 23.8 Å². The van der Waals surface area contributed by atoms with Gasteiger partial charge in [0.15, 0.2) is 0 Å². The maximum Gasteiger partial charge on any atom is 0.254 e. The summed E-state index contributed by atoms with van der Waals surface area (Å²) in [4.78, 5) is 26.3. The molecule has 27 heavy (non-hydrogen) atoms. The molecule has 0 spiro atoms. The summed E-state index contributed by atoms with van der Waals surface area (Å²) in [6.07, 6.45) is 1.93. The lowest BCUT2D eigenvalue weighted by Gasteiger charge is -2.23. The molecule has 1 N–H and O–H groups in total. The van der Waals surface area contributed by atoms with E-state index in [0.29, 0.717) is 5.56 Å². The number of furan rings is 1.